The Kier molecular flexibility index (Phi) is 6.89. The smallest absolute Gasteiger partial charge is 0.295 e. The Morgan fingerprint density at radius 2 is 1.00 bits per heavy atom. The highest BCUT2D eigenvalue weighted by atomic mass is 32.3. The molecule has 0 aromatic heterocycles. The zero-order valence-electron chi connectivity index (χ0n) is 18.9. The lowest BCUT2D eigenvalue weighted by Gasteiger charge is -2.39. The Bertz CT molecular complexity index is 1400. The van der Waals surface area contributed by atoms with Crippen LogP contribution in [0.5, 0.6) is 0 Å². The zero-order valence-corrected chi connectivity index (χ0v) is 20.6. The van der Waals surface area contributed by atoms with E-state index in [1.54, 1.807) is 36.4 Å². The zero-order chi connectivity index (χ0) is 25.2. The van der Waals surface area contributed by atoms with Crippen molar-refractivity contribution in [3.63, 3.8) is 0 Å². The Labute approximate surface area is 204 Å². The molecular formula is C27H22F2O4S2. The van der Waals surface area contributed by atoms with Gasteiger partial charge < -0.3 is 0 Å². The van der Waals surface area contributed by atoms with Crippen molar-refractivity contribution in [2.75, 3.05) is 0 Å². The molecule has 0 atom stereocenters. The molecule has 0 saturated carbocycles. The highest BCUT2D eigenvalue weighted by Crippen LogP contribution is 2.70. The first-order valence-corrected chi connectivity index (χ1v) is 13.6. The third kappa shape index (κ3) is 5.05. The van der Waals surface area contributed by atoms with Crippen LogP contribution in [0.4, 0.5) is 8.78 Å². The van der Waals surface area contributed by atoms with Gasteiger partial charge in [-0.2, -0.15) is 8.42 Å². The van der Waals surface area contributed by atoms with Crippen LogP contribution in [0.15, 0.2) is 117 Å². The molecule has 35 heavy (non-hydrogen) atoms. The van der Waals surface area contributed by atoms with Gasteiger partial charge in [0.2, 0.25) is 0 Å². The molecular weight excluding hydrogens is 490 g/mol. The summed E-state index contributed by atoms with van der Waals surface area (Å²) in [7, 11) is -7.40. The lowest BCUT2D eigenvalue weighted by atomic mass is 10.2. The summed E-state index contributed by atoms with van der Waals surface area (Å²) in [5.74, 6) is -1.17. The SMILES string of the molecule is CC(=O)c1ccc(S(OS(=O)(=O)c2ccc(C)cc2)(c2ccc(F)cc2)c2ccc(F)cc2)cc1. The molecule has 0 heterocycles. The van der Waals surface area contributed by atoms with Crippen molar-refractivity contribution in [2.24, 2.45) is 0 Å². The van der Waals surface area contributed by atoms with Crippen LogP contribution in [0.1, 0.15) is 22.8 Å². The summed E-state index contributed by atoms with van der Waals surface area (Å²) >= 11 is 0. The maximum Gasteiger partial charge on any atom is 0.307 e. The predicted octanol–water partition coefficient (Wildman–Crippen LogP) is 7.08. The number of Topliss-reactive ketones (excluding diaryl/α,β-unsaturated/α-hetero) is 1. The van der Waals surface area contributed by atoms with Gasteiger partial charge in [-0.1, -0.05) is 29.8 Å². The first-order chi connectivity index (χ1) is 16.6. The van der Waals surface area contributed by atoms with E-state index in [0.717, 1.165) is 5.56 Å². The molecule has 0 aliphatic rings. The van der Waals surface area contributed by atoms with Crippen molar-refractivity contribution >= 4 is 26.2 Å². The Morgan fingerprint density at radius 3 is 1.40 bits per heavy atom. The molecule has 0 N–H and O–H groups in total. The van der Waals surface area contributed by atoms with Gasteiger partial charge in [-0.15, -0.1) is 0 Å². The lowest BCUT2D eigenvalue weighted by molar-refractivity contribution is 0.101. The van der Waals surface area contributed by atoms with Gasteiger partial charge in [-0.3, -0.25) is 4.79 Å². The molecule has 0 fully saturated rings. The fraction of sp³-hybridized carbons (Fsp3) is 0.0741. The number of benzene rings is 4. The number of aryl methyl sites for hydroxylation is 1. The van der Waals surface area contributed by atoms with E-state index >= 15 is 0 Å². The third-order valence-electron chi connectivity index (χ3n) is 5.39. The van der Waals surface area contributed by atoms with E-state index in [0.29, 0.717) is 20.2 Å². The molecule has 0 radical (unpaired) electrons. The van der Waals surface area contributed by atoms with Crippen LogP contribution in [-0.2, 0) is 13.7 Å². The summed E-state index contributed by atoms with van der Waals surface area (Å²) in [4.78, 5) is 13.0. The maximum atomic E-state index is 13.9. The number of carbonyl (C=O) groups excluding carboxylic acids is 1. The van der Waals surface area contributed by atoms with Gasteiger partial charge in [0.15, 0.2) is 5.78 Å². The van der Waals surface area contributed by atoms with Crippen LogP contribution in [0.25, 0.3) is 0 Å². The molecule has 4 nitrogen and oxygen atoms in total. The summed E-state index contributed by atoms with van der Waals surface area (Å²) in [5, 5.41) is 0. The van der Waals surface area contributed by atoms with Crippen molar-refractivity contribution < 1.29 is 25.6 Å². The topological polar surface area (TPSA) is 60.4 Å². The van der Waals surface area contributed by atoms with E-state index in [2.05, 4.69) is 0 Å². The minimum atomic E-state index is -4.34. The van der Waals surface area contributed by atoms with E-state index in [4.69, 9.17) is 3.63 Å². The summed E-state index contributed by atoms with van der Waals surface area (Å²) < 4.78 is 61.0. The van der Waals surface area contributed by atoms with E-state index in [1.807, 2.05) is 6.92 Å². The number of rotatable bonds is 7. The summed E-state index contributed by atoms with van der Waals surface area (Å²) in [6, 6.07) is 23.3. The molecule has 0 amide bonds. The quantitative estimate of drug-likeness (QED) is 0.248. The minimum absolute atomic E-state index is 0.0513. The number of hydrogen-bond acceptors (Lipinski definition) is 4. The van der Waals surface area contributed by atoms with Gasteiger partial charge in [0.1, 0.15) is 11.6 Å². The molecule has 8 heteroatoms. The first kappa shape index (κ1) is 24.8. The van der Waals surface area contributed by atoms with Crippen molar-refractivity contribution in [3.05, 3.63) is 120 Å². The molecule has 0 spiro atoms. The molecule has 4 aromatic rings. The maximum absolute atomic E-state index is 13.9. The Morgan fingerprint density at radius 1 is 0.629 bits per heavy atom. The molecule has 180 valence electrons. The summed E-state index contributed by atoms with van der Waals surface area (Å²) in [5.41, 5.74) is 1.31. The number of halogens is 2. The van der Waals surface area contributed by atoms with Crippen LogP contribution in [0, 0.1) is 18.6 Å². The summed E-state index contributed by atoms with van der Waals surface area (Å²) in [6.07, 6.45) is 0. The largest absolute Gasteiger partial charge is 0.307 e. The van der Waals surface area contributed by atoms with E-state index in [9.17, 15) is 22.0 Å². The second-order valence-corrected chi connectivity index (χ2v) is 12.3. The molecule has 4 aromatic carbocycles. The van der Waals surface area contributed by atoms with E-state index in [1.165, 1.54) is 67.6 Å². The van der Waals surface area contributed by atoms with Crippen molar-refractivity contribution in [2.45, 2.75) is 33.4 Å². The van der Waals surface area contributed by atoms with E-state index < -0.39 is 32.1 Å². The molecule has 0 unspecified atom stereocenters. The second-order valence-electron chi connectivity index (χ2n) is 7.88. The van der Waals surface area contributed by atoms with Gasteiger partial charge in [0, 0.05) is 20.2 Å². The molecule has 0 bridgehead atoms. The van der Waals surface area contributed by atoms with Crippen LogP contribution in [-0.4, -0.2) is 14.2 Å². The van der Waals surface area contributed by atoms with Crippen molar-refractivity contribution in [1.82, 2.24) is 0 Å². The number of ketones is 1. The molecule has 0 aliphatic heterocycles. The van der Waals surface area contributed by atoms with Gasteiger partial charge in [0.05, 0.1) is 4.90 Å². The summed E-state index contributed by atoms with van der Waals surface area (Å²) in [6.45, 7) is 3.26. The molecule has 0 saturated heterocycles. The predicted molar refractivity (Wildman–Crippen MR) is 131 cm³/mol. The fourth-order valence-electron chi connectivity index (χ4n) is 3.54. The second kappa shape index (κ2) is 9.73. The van der Waals surface area contributed by atoms with Crippen molar-refractivity contribution in [3.8, 4) is 0 Å². The molecule has 4 rings (SSSR count). The van der Waals surface area contributed by atoms with Gasteiger partial charge >= 0.3 is 10.1 Å². The van der Waals surface area contributed by atoms with Gasteiger partial charge in [-0.25, -0.2) is 12.4 Å². The van der Waals surface area contributed by atoms with Crippen LogP contribution < -0.4 is 0 Å². The van der Waals surface area contributed by atoms with E-state index in [-0.39, 0.29) is 10.7 Å². The molecule has 0 aliphatic carbocycles. The monoisotopic (exact) mass is 512 g/mol. The van der Waals surface area contributed by atoms with Gasteiger partial charge in [-0.05, 0) is 97.0 Å². The van der Waals surface area contributed by atoms with Crippen molar-refractivity contribution in [1.29, 1.82) is 0 Å². The average Bonchev–Trinajstić information content (AvgIpc) is 2.84. The van der Waals surface area contributed by atoms with Gasteiger partial charge in [0.25, 0.3) is 0 Å². The van der Waals surface area contributed by atoms with Crippen LogP contribution in [0.2, 0.25) is 0 Å². The average molecular weight is 513 g/mol. The highest BCUT2D eigenvalue weighted by molar-refractivity contribution is 8.33. The highest BCUT2D eigenvalue weighted by Gasteiger charge is 2.38. The third-order valence-corrected chi connectivity index (χ3v) is 10.6. The van der Waals surface area contributed by atoms with Crippen LogP contribution >= 0.6 is 10.3 Å². The normalized spacial score (nSPS) is 12.3. The Hall–Kier alpha value is -3.33. The standard InChI is InChI=1S/C27H22F2O4S2/c1-19-3-11-27(12-4-19)35(31,32)33-34(25-15-7-22(28)8-16-25,26-17-9-23(29)10-18-26)24-13-5-21(6-14-24)20(2)30/h3-18H,1-2H3. The fourth-order valence-corrected chi connectivity index (χ4v) is 8.71. The number of hydrogen-bond donors (Lipinski definition) is 0. The lowest BCUT2D eigenvalue weighted by Crippen LogP contribution is -2.15. The van der Waals surface area contributed by atoms with Crippen LogP contribution in [0.3, 0.4) is 0 Å². The minimum Gasteiger partial charge on any atom is -0.295 e. The Balaban J connectivity index is 2.02. The first-order valence-electron chi connectivity index (χ1n) is 10.6. The number of carbonyl (C=O) groups is 1.